The lowest BCUT2D eigenvalue weighted by Crippen LogP contribution is -2.17. The summed E-state index contributed by atoms with van der Waals surface area (Å²) < 4.78 is 1.79. The first-order valence-electron chi connectivity index (χ1n) is 6.70. The highest BCUT2D eigenvalue weighted by atomic mass is 16.3. The number of anilines is 1. The quantitative estimate of drug-likeness (QED) is 0.876. The predicted molar refractivity (Wildman–Crippen MR) is 80.9 cm³/mol. The minimum atomic E-state index is 0.132. The molecule has 0 saturated carbocycles. The number of phenols is 1. The number of hydrogen-bond acceptors (Lipinski definition) is 4. The van der Waals surface area contributed by atoms with Gasteiger partial charge in [0.15, 0.2) is 0 Å². The molecule has 0 aliphatic rings. The van der Waals surface area contributed by atoms with Crippen LogP contribution in [0.2, 0.25) is 0 Å². The molecule has 0 aliphatic heterocycles. The molecule has 1 unspecified atom stereocenters. The Labute approximate surface area is 119 Å². The van der Waals surface area contributed by atoms with E-state index >= 15 is 0 Å². The second-order valence-electron chi connectivity index (χ2n) is 5.13. The van der Waals surface area contributed by atoms with Crippen LogP contribution in [0.25, 0.3) is 0 Å². The smallest absolute Gasteiger partial charge is 0.122 e. The molecule has 5 heteroatoms. The molecule has 0 spiro atoms. The van der Waals surface area contributed by atoms with Crippen molar-refractivity contribution in [3.63, 3.8) is 0 Å². The van der Waals surface area contributed by atoms with E-state index in [1.165, 1.54) is 0 Å². The highest BCUT2D eigenvalue weighted by molar-refractivity contribution is 5.53. The molecule has 1 atom stereocenters. The molecule has 1 heterocycles. The van der Waals surface area contributed by atoms with Gasteiger partial charge in [0.05, 0.1) is 6.20 Å². The van der Waals surface area contributed by atoms with Gasteiger partial charge in [0, 0.05) is 55.8 Å². The largest absolute Gasteiger partial charge is 0.508 e. The third kappa shape index (κ3) is 3.11. The number of rotatable bonds is 5. The number of aromatic nitrogens is 2. The molecule has 0 saturated heterocycles. The Bertz CT molecular complexity index is 579. The van der Waals surface area contributed by atoms with Gasteiger partial charge < -0.3 is 15.3 Å². The maximum absolute atomic E-state index is 10.1. The van der Waals surface area contributed by atoms with Crippen LogP contribution in [0, 0.1) is 0 Å². The normalized spacial score (nSPS) is 12.4. The molecule has 0 fully saturated rings. The first kappa shape index (κ1) is 14.4. The summed E-state index contributed by atoms with van der Waals surface area (Å²) in [4.78, 5) is 2.09. The number of phenolic OH excluding ortho intramolecular Hbond substituents is 1. The summed E-state index contributed by atoms with van der Waals surface area (Å²) in [7, 11) is 5.79. The lowest BCUT2D eigenvalue weighted by atomic mass is 10.1. The van der Waals surface area contributed by atoms with Crippen LogP contribution in [0.1, 0.15) is 24.1 Å². The van der Waals surface area contributed by atoms with Crippen LogP contribution in [-0.4, -0.2) is 29.0 Å². The van der Waals surface area contributed by atoms with E-state index < -0.39 is 0 Å². The van der Waals surface area contributed by atoms with Gasteiger partial charge >= 0.3 is 0 Å². The maximum atomic E-state index is 10.1. The summed E-state index contributed by atoms with van der Waals surface area (Å²) in [6.07, 6.45) is 3.85. The van der Waals surface area contributed by atoms with Crippen molar-refractivity contribution in [2.45, 2.75) is 19.5 Å². The molecule has 5 nitrogen and oxygen atoms in total. The van der Waals surface area contributed by atoms with Gasteiger partial charge in [0.2, 0.25) is 0 Å². The van der Waals surface area contributed by atoms with E-state index in [0.29, 0.717) is 5.75 Å². The topological polar surface area (TPSA) is 53.3 Å². The van der Waals surface area contributed by atoms with Gasteiger partial charge in [0.1, 0.15) is 5.75 Å². The molecule has 2 aromatic rings. The maximum Gasteiger partial charge on any atom is 0.122 e. The first-order chi connectivity index (χ1) is 9.51. The van der Waals surface area contributed by atoms with E-state index in [0.717, 1.165) is 23.4 Å². The summed E-state index contributed by atoms with van der Waals surface area (Å²) in [6, 6.07) is 5.93. The standard InChI is InChI=1S/C15H22N4O/c1-11(16-2)14-6-5-13(7-15(14)20)18(3)9-12-8-17-19(4)10-12/h5-8,10-11,16,20H,9H2,1-4H3. The van der Waals surface area contributed by atoms with E-state index in [2.05, 4.69) is 15.3 Å². The molecular formula is C15H22N4O. The van der Waals surface area contributed by atoms with Crippen molar-refractivity contribution in [1.29, 1.82) is 0 Å². The van der Waals surface area contributed by atoms with Crippen LogP contribution in [0.15, 0.2) is 30.6 Å². The average molecular weight is 274 g/mol. The third-order valence-corrected chi connectivity index (χ3v) is 3.53. The molecule has 108 valence electrons. The molecule has 1 aromatic carbocycles. The van der Waals surface area contributed by atoms with E-state index in [4.69, 9.17) is 0 Å². The van der Waals surface area contributed by atoms with Gasteiger partial charge in [-0.1, -0.05) is 6.07 Å². The van der Waals surface area contributed by atoms with Crippen LogP contribution < -0.4 is 10.2 Å². The predicted octanol–water partition coefficient (Wildman–Crippen LogP) is 2.04. The summed E-state index contributed by atoms with van der Waals surface area (Å²) in [5.74, 6) is 0.322. The molecule has 2 rings (SSSR count). The highest BCUT2D eigenvalue weighted by Crippen LogP contribution is 2.29. The molecular weight excluding hydrogens is 252 g/mol. The Morgan fingerprint density at radius 2 is 2.20 bits per heavy atom. The fraction of sp³-hybridized carbons (Fsp3) is 0.400. The monoisotopic (exact) mass is 274 g/mol. The Hall–Kier alpha value is -2.01. The fourth-order valence-electron chi connectivity index (χ4n) is 2.21. The fourth-order valence-corrected chi connectivity index (χ4v) is 2.21. The second-order valence-corrected chi connectivity index (χ2v) is 5.13. The number of benzene rings is 1. The van der Waals surface area contributed by atoms with Crippen LogP contribution >= 0.6 is 0 Å². The minimum Gasteiger partial charge on any atom is -0.508 e. The summed E-state index contributed by atoms with van der Waals surface area (Å²) in [5, 5.41) is 17.4. The van der Waals surface area contributed by atoms with Crippen LogP contribution in [0.3, 0.4) is 0 Å². The Morgan fingerprint density at radius 3 is 2.75 bits per heavy atom. The van der Waals surface area contributed by atoms with Crippen LogP contribution in [-0.2, 0) is 13.6 Å². The van der Waals surface area contributed by atoms with Gasteiger partial charge in [-0.05, 0) is 20.0 Å². The Kier molecular flexibility index (Phi) is 4.29. The lowest BCUT2D eigenvalue weighted by Gasteiger charge is -2.20. The second kappa shape index (κ2) is 5.96. The molecule has 0 bridgehead atoms. The highest BCUT2D eigenvalue weighted by Gasteiger charge is 2.11. The molecule has 20 heavy (non-hydrogen) atoms. The molecule has 0 radical (unpaired) electrons. The number of nitrogens with one attached hydrogen (secondary N) is 1. The van der Waals surface area contributed by atoms with Crippen molar-refractivity contribution < 1.29 is 5.11 Å². The van der Waals surface area contributed by atoms with Crippen LogP contribution in [0.5, 0.6) is 5.75 Å². The van der Waals surface area contributed by atoms with Gasteiger partial charge in [-0.3, -0.25) is 4.68 Å². The van der Waals surface area contributed by atoms with Crippen molar-refractivity contribution in [2.75, 3.05) is 19.0 Å². The lowest BCUT2D eigenvalue weighted by molar-refractivity contribution is 0.458. The van der Waals surface area contributed by atoms with E-state index in [1.807, 2.05) is 52.6 Å². The first-order valence-corrected chi connectivity index (χ1v) is 6.70. The van der Waals surface area contributed by atoms with E-state index in [1.54, 1.807) is 10.7 Å². The molecule has 1 aromatic heterocycles. The zero-order chi connectivity index (χ0) is 14.7. The molecule has 0 amide bonds. The molecule has 2 N–H and O–H groups in total. The van der Waals surface area contributed by atoms with E-state index in [9.17, 15) is 5.11 Å². The zero-order valence-corrected chi connectivity index (χ0v) is 12.5. The van der Waals surface area contributed by atoms with Gasteiger partial charge in [-0.25, -0.2) is 0 Å². The number of nitrogens with zero attached hydrogens (tertiary/aromatic N) is 3. The minimum absolute atomic E-state index is 0.132. The Morgan fingerprint density at radius 1 is 1.45 bits per heavy atom. The third-order valence-electron chi connectivity index (χ3n) is 3.53. The number of aromatic hydroxyl groups is 1. The van der Waals surface area contributed by atoms with E-state index in [-0.39, 0.29) is 6.04 Å². The number of aryl methyl sites for hydroxylation is 1. The van der Waals surface area contributed by atoms with Gasteiger partial charge in [-0.15, -0.1) is 0 Å². The SMILES string of the molecule is CNC(C)c1ccc(N(C)Cc2cnn(C)c2)cc1O. The van der Waals surface area contributed by atoms with Gasteiger partial charge in [0.25, 0.3) is 0 Å². The number of hydrogen-bond donors (Lipinski definition) is 2. The van der Waals surface area contributed by atoms with Crippen molar-refractivity contribution in [1.82, 2.24) is 15.1 Å². The average Bonchev–Trinajstić information content (AvgIpc) is 2.83. The summed E-state index contributed by atoms with van der Waals surface area (Å²) in [5.41, 5.74) is 3.03. The zero-order valence-electron chi connectivity index (χ0n) is 12.5. The summed E-state index contributed by atoms with van der Waals surface area (Å²) in [6.45, 7) is 2.78. The Balaban J connectivity index is 2.14. The van der Waals surface area contributed by atoms with Crippen molar-refractivity contribution in [2.24, 2.45) is 7.05 Å². The van der Waals surface area contributed by atoms with Crippen molar-refractivity contribution in [3.05, 3.63) is 41.7 Å². The van der Waals surface area contributed by atoms with Gasteiger partial charge in [-0.2, -0.15) is 5.10 Å². The van der Waals surface area contributed by atoms with Crippen molar-refractivity contribution in [3.8, 4) is 5.75 Å². The summed E-state index contributed by atoms with van der Waals surface area (Å²) >= 11 is 0. The van der Waals surface area contributed by atoms with Crippen LogP contribution in [0.4, 0.5) is 5.69 Å². The molecule has 0 aliphatic carbocycles. The van der Waals surface area contributed by atoms with Crippen molar-refractivity contribution >= 4 is 5.69 Å².